The molecule has 2 aromatic carbocycles. The molecule has 3 rings (SSSR count). The largest absolute Gasteiger partial charge is 0.416 e. The van der Waals surface area contributed by atoms with Crippen LogP contribution in [0.5, 0.6) is 0 Å². The Balaban J connectivity index is 1.64. The number of thiocarbonyl (C=S) groups is 1. The maximum Gasteiger partial charge on any atom is 0.416 e. The summed E-state index contributed by atoms with van der Waals surface area (Å²) < 4.78 is 37.7. The molecule has 0 aliphatic heterocycles. The molecule has 0 spiro atoms. The molecule has 0 amide bonds. The highest BCUT2D eigenvalue weighted by molar-refractivity contribution is 7.80. The van der Waals surface area contributed by atoms with Crippen molar-refractivity contribution in [3.05, 3.63) is 65.2 Å². The van der Waals surface area contributed by atoms with Crippen molar-refractivity contribution in [1.29, 1.82) is 0 Å². The summed E-state index contributed by atoms with van der Waals surface area (Å²) in [5.41, 5.74) is 2.41. The number of hydrogen-bond donors (Lipinski definition) is 2. The van der Waals surface area contributed by atoms with Gasteiger partial charge in [0.2, 0.25) is 0 Å². The van der Waals surface area contributed by atoms with Crippen molar-refractivity contribution in [3.8, 4) is 0 Å². The second-order valence-corrected chi connectivity index (χ2v) is 6.23. The highest BCUT2D eigenvalue weighted by Crippen LogP contribution is 2.31. The second-order valence-electron chi connectivity index (χ2n) is 5.82. The summed E-state index contributed by atoms with van der Waals surface area (Å²) in [7, 11) is 0. The molecule has 0 saturated carbocycles. The lowest BCUT2D eigenvalue weighted by atomic mass is 9.88. The molecule has 126 valence electrons. The van der Waals surface area contributed by atoms with Gasteiger partial charge in [-0.25, -0.2) is 0 Å². The predicted molar refractivity (Wildman–Crippen MR) is 92.9 cm³/mol. The fourth-order valence-electron chi connectivity index (χ4n) is 2.97. The van der Waals surface area contributed by atoms with Crippen LogP contribution >= 0.6 is 12.2 Å². The van der Waals surface area contributed by atoms with Crippen LogP contribution in [0.3, 0.4) is 0 Å². The zero-order valence-electron chi connectivity index (χ0n) is 12.9. The molecule has 1 aliphatic carbocycles. The molecular weight excluding hydrogens is 333 g/mol. The molecule has 0 saturated heterocycles. The van der Waals surface area contributed by atoms with Crippen molar-refractivity contribution in [2.75, 3.05) is 5.32 Å². The predicted octanol–water partition coefficient (Wildman–Crippen LogP) is 5.07. The fourth-order valence-corrected chi connectivity index (χ4v) is 3.23. The number of nitrogens with one attached hydrogen (secondary N) is 2. The van der Waals surface area contributed by atoms with Gasteiger partial charge >= 0.3 is 6.18 Å². The van der Waals surface area contributed by atoms with E-state index in [1.54, 1.807) is 0 Å². The standard InChI is InChI=1S/C18H17F3N2S/c19-18(20,21)13-8-10-14(11-9-13)22-17(24)23-16-7-3-5-12-4-1-2-6-15(12)16/h1-2,4,6,8-11,16H,3,5,7H2,(H2,22,23,24). The maximum absolute atomic E-state index is 12.6. The van der Waals surface area contributed by atoms with E-state index >= 15 is 0 Å². The Kier molecular flexibility index (Phi) is 4.76. The average molecular weight is 350 g/mol. The first-order chi connectivity index (χ1) is 11.4. The van der Waals surface area contributed by atoms with Crippen LogP contribution < -0.4 is 10.6 Å². The monoisotopic (exact) mass is 350 g/mol. The molecule has 0 bridgehead atoms. The minimum Gasteiger partial charge on any atom is -0.356 e. The van der Waals surface area contributed by atoms with Gasteiger partial charge in [0.05, 0.1) is 11.6 Å². The highest BCUT2D eigenvalue weighted by Gasteiger charge is 2.30. The van der Waals surface area contributed by atoms with Crippen molar-refractivity contribution in [2.45, 2.75) is 31.5 Å². The fraction of sp³-hybridized carbons (Fsp3) is 0.278. The topological polar surface area (TPSA) is 24.1 Å². The lowest BCUT2D eigenvalue weighted by molar-refractivity contribution is -0.137. The molecular formula is C18H17F3N2S. The van der Waals surface area contributed by atoms with Gasteiger partial charge in [-0.1, -0.05) is 24.3 Å². The number of benzene rings is 2. The van der Waals surface area contributed by atoms with E-state index < -0.39 is 11.7 Å². The zero-order chi connectivity index (χ0) is 17.2. The minimum atomic E-state index is -4.33. The summed E-state index contributed by atoms with van der Waals surface area (Å²) >= 11 is 5.31. The Morgan fingerprint density at radius 2 is 1.75 bits per heavy atom. The Morgan fingerprint density at radius 3 is 2.46 bits per heavy atom. The molecule has 1 aliphatic rings. The molecule has 0 radical (unpaired) electrons. The number of fused-ring (bicyclic) bond motifs is 1. The third-order valence-corrected chi connectivity index (χ3v) is 4.36. The van der Waals surface area contributed by atoms with E-state index in [0.717, 1.165) is 31.4 Å². The summed E-state index contributed by atoms with van der Waals surface area (Å²) in [5.74, 6) is 0. The highest BCUT2D eigenvalue weighted by atomic mass is 32.1. The molecule has 0 fully saturated rings. The van der Waals surface area contributed by atoms with Crippen molar-refractivity contribution in [2.24, 2.45) is 0 Å². The first kappa shape index (κ1) is 16.8. The molecule has 1 unspecified atom stereocenters. The van der Waals surface area contributed by atoms with Crippen LogP contribution in [0.1, 0.15) is 35.6 Å². The Bertz CT molecular complexity index is 726. The maximum atomic E-state index is 12.6. The first-order valence-corrected chi connectivity index (χ1v) is 8.17. The number of rotatable bonds is 2. The van der Waals surface area contributed by atoms with E-state index in [2.05, 4.69) is 22.8 Å². The Morgan fingerprint density at radius 1 is 1.04 bits per heavy atom. The second kappa shape index (κ2) is 6.81. The molecule has 0 aromatic heterocycles. The van der Waals surface area contributed by atoms with Gasteiger partial charge in [0.1, 0.15) is 0 Å². The molecule has 2 N–H and O–H groups in total. The minimum absolute atomic E-state index is 0.129. The lowest BCUT2D eigenvalue weighted by Gasteiger charge is -2.27. The van der Waals surface area contributed by atoms with Gasteiger partial charge in [-0.05, 0) is 66.9 Å². The zero-order valence-corrected chi connectivity index (χ0v) is 13.7. The number of halogens is 3. The molecule has 6 heteroatoms. The van der Waals surface area contributed by atoms with Crippen LogP contribution in [0.25, 0.3) is 0 Å². The number of hydrogen-bond acceptors (Lipinski definition) is 1. The molecule has 1 atom stereocenters. The van der Waals surface area contributed by atoms with Crippen LogP contribution in [-0.4, -0.2) is 5.11 Å². The van der Waals surface area contributed by atoms with Gasteiger partial charge < -0.3 is 10.6 Å². The van der Waals surface area contributed by atoms with E-state index in [-0.39, 0.29) is 6.04 Å². The van der Waals surface area contributed by atoms with E-state index in [1.807, 2.05) is 12.1 Å². The van der Waals surface area contributed by atoms with E-state index in [1.165, 1.54) is 23.3 Å². The Hall–Kier alpha value is -2.08. The van der Waals surface area contributed by atoms with Crippen LogP contribution in [0, 0.1) is 0 Å². The van der Waals surface area contributed by atoms with Gasteiger partial charge in [0, 0.05) is 5.69 Å². The summed E-state index contributed by atoms with van der Waals surface area (Å²) in [5, 5.41) is 6.63. The first-order valence-electron chi connectivity index (χ1n) is 7.76. The van der Waals surface area contributed by atoms with Gasteiger partial charge in [0.25, 0.3) is 0 Å². The smallest absolute Gasteiger partial charge is 0.356 e. The number of alkyl halides is 3. The molecule has 2 aromatic rings. The van der Waals surface area contributed by atoms with Crippen molar-refractivity contribution in [3.63, 3.8) is 0 Å². The van der Waals surface area contributed by atoms with Crippen LogP contribution in [0.15, 0.2) is 48.5 Å². The normalized spacial score (nSPS) is 17.0. The number of anilines is 1. The van der Waals surface area contributed by atoms with E-state index in [4.69, 9.17) is 12.2 Å². The molecule has 24 heavy (non-hydrogen) atoms. The summed E-state index contributed by atoms with van der Waals surface area (Å²) in [4.78, 5) is 0. The summed E-state index contributed by atoms with van der Waals surface area (Å²) in [6, 6.07) is 13.2. The summed E-state index contributed by atoms with van der Waals surface area (Å²) in [6.45, 7) is 0. The van der Waals surface area contributed by atoms with Crippen molar-refractivity contribution in [1.82, 2.24) is 5.32 Å². The van der Waals surface area contributed by atoms with Crippen molar-refractivity contribution < 1.29 is 13.2 Å². The van der Waals surface area contributed by atoms with Gasteiger partial charge in [-0.15, -0.1) is 0 Å². The Labute approximate surface area is 144 Å². The third-order valence-electron chi connectivity index (χ3n) is 4.14. The van der Waals surface area contributed by atoms with Gasteiger partial charge in [0.15, 0.2) is 5.11 Å². The van der Waals surface area contributed by atoms with Crippen LogP contribution in [-0.2, 0) is 12.6 Å². The quantitative estimate of drug-likeness (QED) is 0.740. The van der Waals surface area contributed by atoms with Crippen LogP contribution in [0.4, 0.5) is 18.9 Å². The van der Waals surface area contributed by atoms with Gasteiger partial charge in [-0.3, -0.25) is 0 Å². The SMILES string of the molecule is FC(F)(F)c1ccc(NC(=S)NC2CCCc3ccccc32)cc1. The third kappa shape index (κ3) is 3.87. The van der Waals surface area contributed by atoms with Crippen molar-refractivity contribution >= 4 is 23.0 Å². The van der Waals surface area contributed by atoms with E-state index in [9.17, 15) is 13.2 Å². The van der Waals surface area contributed by atoms with Crippen LogP contribution in [0.2, 0.25) is 0 Å². The summed E-state index contributed by atoms with van der Waals surface area (Å²) in [6.07, 6.45) is -1.21. The molecule has 2 nitrogen and oxygen atoms in total. The molecule has 0 heterocycles. The number of aryl methyl sites for hydroxylation is 1. The van der Waals surface area contributed by atoms with E-state index in [0.29, 0.717) is 10.8 Å². The van der Waals surface area contributed by atoms with Gasteiger partial charge in [-0.2, -0.15) is 13.2 Å². The lowest BCUT2D eigenvalue weighted by Crippen LogP contribution is -2.34. The average Bonchev–Trinajstić information content (AvgIpc) is 2.55.